The van der Waals surface area contributed by atoms with Gasteiger partial charge in [0.2, 0.25) is 0 Å². The third-order valence-electron chi connectivity index (χ3n) is 1.50. The van der Waals surface area contributed by atoms with Crippen molar-refractivity contribution >= 4 is 17.5 Å². The maximum Gasteiger partial charge on any atom is 0.284 e. The first-order valence-electron chi connectivity index (χ1n) is 4.24. The highest BCUT2D eigenvalue weighted by molar-refractivity contribution is 6.30. The SMILES string of the molecule is Clc1ccccc1.NC(=O)c1ccco1. The van der Waals surface area contributed by atoms with Crippen molar-refractivity contribution in [1.82, 2.24) is 0 Å². The molecule has 0 radical (unpaired) electrons. The Morgan fingerprint density at radius 3 is 2.07 bits per heavy atom. The monoisotopic (exact) mass is 223 g/mol. The van der Waals surface area contributed by atoms with Crippen molar-refractivity contribution in [2.24, 2.45) is 5.73 Å². The third-order valence-corrected chi connectivity index (χ3v) is 1.75. The van der Waals surface area contributed by atoms with Crippen LogP contribution >= 0.6 is 11.6 Å². The van der Waals surface area contributed by atoms with Crippen LogP contribution in [0.5, 0.6) is 0 Å². The van der Waals surface area contributed by atoms with Crippen LogP contribution in [0.3, 0.4) is 0 Å². The lowest BCUT2D eigenvalue weighted by Gasteiger charge is -1.80. The van der Waals surface area contributed by atoms with E-state index in [4.69, 9.17) is 17.3 Å². The second-order valence-corrected chi connectivity index (χ2v) is 3.07. The number of halogens is 1. The van der Waals surface area contributed by atoms with Crippen molar-refractivity contribution in [2.45, 2.75) is 0 Å². The number of nitrogens with two attached hydrogens (primary N) is 1. The van der Waals surface area contributed by atoms with Gasteiger partial charge in [-0.1, -0.05) is 29.8 Å². The standard InChI is InChI=1S/C6H5Cl.C5H5NO2/c7-6-4-2-1-3-5-6;6-5(7)4-2-1-3-8-4/h1-5H;1-3H,(H2,6,7). The van der Waals surface area contributed by atoms with Gasteiger partial charge in [0, 0.05) is 5.02 Å². The molecule has 2 rings (SSSR count). The molecule has 1 aromatic heterocycles. The summed E-state index contributed by atoms with van der Waals surface area (Å²) in [7, 11) is 0. The lowest BCUT2D eigenvalue weighted by atomic mass is 10.4. The largest absolute Gasteiger partial charge is 0.459 e. The van der Waals surface area contributed by atoms with Gasteiger partial charge in [-0.15, -0.1) is 0 Å². The number of amides is 1. The second-order valence-electron chi connectivity index (χ2n) is 2.64. The van der Waals surface area contributed by atoms with Crippen LogP contribution in [0.4, 0.5) is 0 Å². The predicted octanol–water partition coefficient (Wildman–Crippen LogP) is 2.72. The number of carbonyl (C=O) groups is 1. The average Bonchev–Trinajstić information content (AvgIpc) is 2.72. The molecule has 0 unspecified atom stereocenters. The van der Waals surface area contributed by atoms with Gasteiger partial charge in [-0.25, -0.2) is 0 Å². The van der Waals surface area contributed by atoms with Crippen molar-refractivity contribution < 1.29 is 9.21 Å². The van der Waals surface area contributed by atoms with Crippen LogP contribution in [0.15, 0.2) is 53.1 Å². The van der Waals surface area contributed by atoms with Crippen molar-refractivity contribution in [3.63, 3.8) is 0 Å². The van der Waals surface area contributed by atoms with Crippen molar-refractivity contribution in [3.05, 3.63) is 59.5 Å². The number of carbonyl (C=O) groups excluding carboxylic acids is 1. The van der Waals surface area contributed by atoms with E-state index in [1.54, 1.807) is 6.07 Å². The lowest BCUT2D eigenvalue weighted by Crippen LogP contribution is -2.08. The van der Waals surface area contributed by atoms with Gasteiger partial charge >= 0.3 is 0 Å². The summed E-state index contributed by atoms with van der Waals surface area (Å²) in [6.45, 7) is 0. The van der Waals surface area contributed by atoms with Crippen LogP contribution in [0.25, 0.3) is 0 Å². The van der Waals surface area contributed by atoms with Gasteiger partial charge in [0.05, 0.1) is 6.26 Å². The Bertz CT molecular complexity index is 398. The molecule has 0 aliphatic rings. The number of hydrogen-bond donors (Lipinski definition) is 1. The van der Waals surface area contributed by atoms with Crippen molar-refractivity contribution in [2.75, 3.05) is 0 Å². The maximum absolute atomic E-state index is 10.2. The molecule has 0 saturated heterocycles. The Morgan fingerprint density at radius 1 is 1.13 bits per heavy atom. The Hall–Kier alpha value is -1.74. The average molecular weight is 224 g/mol. The third kappa shape index (κ3) is 4.33. The van der Waals surface area contributed by atoms with E-state index >= 15 is 0 Å². The molecule has 1 heterocycles. The minimum Gasteiger partial charge on any atom is -0.459 e. The van der Waals surface area contributed by atoms with E-state index in [0.717, 1.165) is 5.02 Å². The van der Waals surface area contributed by atoms with Crippen LogP contribution in [0, 0.1) is 0 Å². The summed E-state index contributed by atoms with van der Waals surface area (Å²) in [5, 5.41) is 0.794. The van der Waals surface area contributed by atoms with E-state index in [0.29, 0.717) is 0 Å². The molecular formula is C11H10ClNO2. The minimum absolute atomic E-state index is 0.199. The molecule has 15 heavy (non-hydrogen) atoms. The van der Waals surface area contributed by atoms with Gasteiger partial charge in [-0.2, -0.15) is 0 Å². The highest BCUT2D eigenvalue weighted by Crippen LogP contribution is 2.03. The normalized spacial score (nSPS) is 8.87. The van der Waals surface area contributed by atoms with Gasteiger partial charge in [0.15, 0.2) is 5.76 Å². The molecule has 3 nitrogen and oxygen atoms in total. The topological polar surface area (TPSA) is 56.2 Å². The summed E-state index contributed by atoms with van der Waals surface area (Å²) < 4.78 is 4.62. The highest BCUT2D eigenvalue weighted by Gasteiger charge is 1.98. The predicted molar refractivity (Wildman–Crippen MR) is 58.7 cm³/mol. The van der Waals surface area contributed by atoms with Crippen LogP contribution in [-0.2, 0) is 0 Å². The summed E-state index contributed by atoms with van der Waals surface area (Å²) in [4.78, 5) is 10.2. The van der Waals surface area contributed by atoms with Crippen molar-refractivity contribution in [3.8, 4) is 0 Å². The molecule has 0 spiro atoms. The first-order valence-corrected chi connectivity index (χ1v) is 4.62. The second kappa shape index (κ2) is 5.88. The van der Waals surface area contributed by atoms with E-state index in [1.165, 1.54) is 12.3 Å². The molecule has 0 bridgehead atoms. The molecule has 0 saturated carbocycles. The van der Waals surface area contributed by atoms with E-state index in [9.17, 15) is 4.79 Å². The minimum atomic E-state index is -0.532. The number of rotatable bonds is 1. The first kappa shape index (κ1) is 11.3. The molecule has 0 atom stereocenters. The van der Waals surface area contributed by atoms with Crippen LogP contribution in [0.1, 0.15) is 10.6 Å². The van der Waals surface area contributed by atoms with Crippen molar-refractivity contribution in [1.29, 1.82) is 0 Å². The van der Waals surface area contributed by atoms with Crippen LogP contribution in [-0.4, -0.2) is 5.91 Å². The number of benzene rings is 1. The molecular weight excluding hydrogens is 214 g/mol. The van der Waals surface area contributed by atoms with Crippen LogP contribution in [0.2, 0.25) is 5.02 Å². The molecule has 2 N–H and O–H groups in total. The molecule has 4 heteroatoms. The lowest BCUT2D eigenvalue weighted by molar-refractivity contribution is 0.0974. The van der Waals surface area contributed by atoms with E-state index in [1.807, 2.05) is 30.3 Å². The zero-order valence-corrected chi connectivity index (χ0v) is 8.65. The Kier molecular flexibility index (Phi) is 4.44. The molecule has 0 aliphatic heterocycles. The van der Waals surface area contributed by atoms with Crippen LogP contribution < -0.4 is 5.73 Å². The first-order chi connectivity index (χ1) is 7.20. The summed E-state index contributed by atoms with van der Waals surface area (Å²) in [5.41, 5.74) is 4.83. The zero-order chi connectivity index (χ0) is 11.1. The Morgan fingerprint density at radius 2 is 1.80 bits per heavy atom. The van der Waals surface area contributed by atoms with Gasteiger partial charge in [-0.05, 0) is 24.3 Å². The van der Waals surface area contributed by atoms with Gasteiger partial charge < -0.3 is 10.2 Å². The Labute approximate surface area is 92.5 Å². The zero-order valence-electron chi connectivity index (χ0n) is 7.89. The van der Waals surface area contributed by atoms with Gasteiger partial charge in [0.1, 0.15) is 0 Å². The molecule has 2 aromatic rings. The number of hydrogen-bond acceptors (Lipinski definition) is 2. The fourth-order valence-electron chi connectivity index (χ4n) is 0.833. The number of primary amides is 1. The van der Waals surface area contributed by atoms with Gasteiger partial charge in [-0.3, -0.25) is 4.79 Å². The molecule has 0 fully saturated rings. The molecule has 1 aromatic carbocycles. The fourth-order valence-corrected chi connectivity index (χ4v) is 0.979. The summed E-state index contributed by atoms with van der Waals surface area (Å²) in [5.74, 6) is -0.333. The van der Waals surface area contributed by atoms with E-state index in [2.05, 4.69) is 4.42 Å². The maximum atomic E-state index is 10.2. The fraction of sp³-hybridized carbons (Fsp3) is 0. The number of furan rings is 1. The molecule has 78 valence electrons. The molecule has 1 amide bonds. The summed E-state index contributed by atoms with van der Waals surface area (Å²) in [6, 6.07) is 12.6. The molecule has 0 aliphatic carbocycles. The highest BCUT2D eigenvalue weighted by atomic mass is 35.5. The Balaban J connectivity index is 0.000000151. The summed E-state index contributed by atoms with van der Waals surface area (Å²) >= 11 is 5.54. The smallest absolute Gasteiger partial charge is 0.284 e. The van der Waals surface area contributed by atoms with Gasteiger partial charge in [0.25, 0.3) is 5.91 Å². The van der Waals surface area contributed by atoms with E-state index in [-0.39, 0.29) is 5.76 Å². The summed E-state index contributed by atoms with van der Waals surface area (Å²) in [6.07, 6.45) is 1.40. The van der Waals surface area contributed by atoms with E-state index < -0.39 is 5.91 Å². The quantitative estimate of drug-likeness (QED) is 0.808.